The average molecular weight is 385 g/mol. The highest BCUT2D eigenvalue weighted by Gasteiger charge is 2.15. The maximum atomic E-state index is 13.8. The number of ether oxygens (including phenoxy) is 1. The van der Waals surface area contributed by atoms with Gasteiger partial charge in [0.2, 0.25) is 5.91 Å². The van der Waals surface area contributed by atoms with Crippen LogP contribution in [0.2, 0.25) is 0 Å². The Morgan fingerprint density at radius 2 is 1.82 bits per heavy atom. The van der Waals surface area contributed by atoms with Crippen molar-refractivity contribution in [2.24, 2.45) is 0 Å². The van der Waals surface area contributed by atoms with Crippen LogP contribution in [-0.2, 0) is 24.4 Å². The van der Waals surface area contributed by atoms with Gasteiger partial charge in [-0.15, -0.1) is 0 Å². The maximum absolute atomic E-state index is 13.8. The molecular weight excluding hydrogens is 361 g/mol. The number of hydrogen-bond donors (Lipinski definition) is 0. The van der Waals surface area contributed by atoms with Crippen LogP contribution in [0.4, 0.5) is 4.39 Å². The molecule has 0 aliphatic carbocycles. The van der Waals surface area contributed by atoms with Crippen molar-refractivity contribution >= 4 is 16.9 Å². The highest BCUT2D eigenvalue weighted by atomic mass is 19.1. The van der Waals surface area contributed by atoms with Crippen molar-refractivity contribution < 1.29 is 13.9 Å². The summed E-state index contributed by atoms with van der Waals surface area (Å²) < 4.78 is 22.1. The molecule has 0 atom stereocenters. The first-order chi connectivity index (χ1) is 13.5. The van der Waals surface area contributed by atoms with E-state index in [4.69, 9.17) is 4.74 Å². The Morgan fingerprint density at radius 1 is 1.14 bits per heavy atom. The van der Waals surface area contributed by atoms with Gasteiger partial charge in [0.15, 0.2) is 11.6 Å². The molecule has 0 aliphatic rings. The SMILES string of the molecule is CCn1c(=O)n(CCC(=O)N(C)Cc2ccc(OC)c(F)c2)c2ccccc21. The van der Waals surface area contributed by atoms with E-state index in [1.165, 1.54) is 18.1 Å². The highest BCUT2D eigenvalue weighted by molar-refractivity contribution is 5.78. The van der Waals surface area contributed by atoms with Gasteiger partial charge in [0.1, 0.15) is 0 Å². The summed E-state index contributed by atoms with van der Waals surface area (Å²) in [6, 6.07) is 12.2. The monoisotopic (exact) mass is 385 g/mol. The van der Waals surface area contributed by atoms with Crippen LogP contribution in [0.5, 0.6) is 5.75 Å². The number of hydrogen-bond acceptors (Lipinski definition) is 3. The molecule has 3 aromatic rings. The largest absolute Gasteiger partial charge is 0.494 e. The van der Waals surface area contributed by atoms with Crippen molar-refractivity contribution in [1.82, 2.24) is 14.0 Å². The summed E-state index contributed by atoms with van der Waals surface area (Å²) in [5.41, 5.74) is 2.25. The number of imidazole rings is 1. The molecule has 0 saturated carbocycles. The molecule has 1 heterocycles. The second-order valence-electron chi connectivity index (χ2n) is 6.64. The van der Waals surface area contributed by atoms with E-state index in [1.807, 2.05) is 31.2 Å². The summed E-state index contributed by atoms with van der Waals surface area (Å²) in [6.07, 6.45) is 0.187. The lowest BCUT2D eigenvalue weighted by Crippen LogP contribution is -2.29. The summed E-state index contributed by atoms with van der Waals surface area (Å²) in [4.78, 5) is 26.7. The van der Waals surface area contributed by atoms with Gasteiger partial charge in [-0.25, -0.2) is 9.18 Å². The van der Waals surface area contributed by atoms with Gasteiger partial charge in [0, 0.05) is 33.1 Å². The second-order valence-corrected chi connectivity index (χ2v) is 6.64. The molecule has 0 saturated heterocycles. The van der Waals surface area contributed by atoms with Gasteiger partial charge < -0.3 is 9.64 Å². The Hall–Kier alpha value is -3.09. The standard InChI is InChI=1S/C21H24FN3O3/c1-4-24-17-7-5-6-8-18(17)25(21(24)27)12-11-20(26)23(2)14-15-9-10-19(28-3)16(22)13-15/h5-10,13H,4,11-12,14H2,1-3H3. The van der Waals surface area contributed by atoms with Gasteiger partial charge in [0.25, 0.3) is 0 Å². The molecule has 3 rings (SSSR count). The van der Waals surface area contributed by atoms with Crippen LogP contribution in [-0.4, -0.2) is 34.1 Å². The topological polar surface area (TPSA) is 56.5 Å². The Morgan fingerprint density at radius 3 is 2.43 bits per heavy atom. The molecule has 0 unspecified atom stereocenters. The van der Waals surface area contributed by atoms with Crippen molar-refractivity contribution in [3.63, 3.8) is 0 Å². The fraction of sp³-hybridized carbons (Fsp3) is 0.333. The molecule has 2 aromatic carbocycles. The molecule has 7 heteroatoms. The molecule has 148 valence electrons. The lowest BCUT2D eigenvalue weighted by molar-refractivity contribution is -0.130. The van der Waals surface area contributed by atoms with Crippen molar-refractivity contribution in [2.75, 3.05) is 14.2 Å². The Kier molecular flexibility index (Phi) is 5.82. The molecule has 0 N–H and O–H groups in total. The molecule has 6 nitrogen and oxygen atoms in total. The quantitative estimate of drug-likeness (QED) is 0.628. The zero-order valence-electron chi connectivity index (χ0n) is 16.3. The number of methoxy groups -OCH3 is 1. The van der Waals surface area contributed by atoms with Crippen molar-refractivity contribution in [2.45, 2.75) is 33.0 Å². The number of halogens is 1. The van der Waals surface area contributed by atoms with Gasteiger partial charge in [-0.1, -0.05) is 18.2 Å². The predicted molar refractivity (Wildman–Crippen MR) is 106 cm³/mol. The van der Waals surface area contributed by atoms with Crippen LogP contribution in [0.25, 0.3) is 11.0 Å². The van der Waals surface area contributed by atoms with E-state index in [-0.39, 0.29) is 30.3 Å². The van der Waals surface area contributed by atoms with E-state index in [0.717, 1.165) is 11.0 Å². The predicted octanol–water partition coefficient (Wildman–Crippen LogP) is 3.02. The van der Waals surface area contributed by atoms with Crippen molar-refractivity contribution in [3.05, 3.63) is 64.3 Å². The molecule has 0 spiro atoms. The minimum atomic E-state index is -0.459. The lowest BCUT2D eigenvalue weighted by Gasteiger charge is -2.18. The summed E-state index contributed by atoms with van der Waals surface area (Å²) in [6.45, 7) is 3.08. The Bertz CT molecular complexity index is 1050. The normalized spacial score (nSPS) is 11.0. The number of amides is 1. The third kappa shape index (κ3) is 3.78. The van der Waals surface area contributed by atoms with Crippen LogP contribution in [0.1, 0.15) is 18.9 Å². The van der Waals surface area contributed by atoms with E-state index in [1.54, 1.807) is 28.3 Å². The zero-order chi connectivity index (χ0) is 20.3. The number of rotatable bonds is 7. The molecule has 0 fully saturated rings. The number of benzene rings is 2. The first-order valence-electron chi connectivity index (χ1n) is 9.20. The van der Waals surface area contributed by atoms with E-state index in [2.05, 4.69) is 0 Å². The van der Waals surface area contributed by atoms with Gasteiger partial charge in [-0.3, -0.25) is 13.9 Å². The molecule has 1 amide bonds. The molecular formula is C21H24FN3O3. The Balaban J connectivity index is 1.70. The van der Waals surface area contributed by atoms with Crippen LogP contribution in [0, 0.1) is 5.82 Å². The fourth-order valence-electron chi connectivity index (χ4n) is 3.36. The first kappa shape index (κ1) is 19.7. The highest BCUT2D eigenvalue weighted by Crippen LogP contribution is 2.19. The molecule has 0 aliphatic heterocycles. The second kappa shape index (κ2) is 8.29. The molecule has 0 bridgehead atoms. The molecule has 1 aromatic heterocycles. The third-order valence-corrected chi connectivity index (χ3v) is 4.85. The summed E-state index contributed by atoms with van der Waals surface area (Å²) >= 11 is 0. The number of carbonyl (C=O) groups excluding carboxylic acids is 1. The first-order valence-corrected chi connectivity index (χ1v) is 9.20. The number of para-hydroxylation sites is 2. The van der Waals surface area contributed by atoms with Gasteiger partial charge >= 0.3 is 5.69 Å². The summed E-state index contributed by atoms with van der Waals surface area (Å²) in [5.74, 6) is -0.402. The minimum Gasteiger partial charge on any atom is -0.494 e. The van der Waals surface area contributed by atoms with Gasteiger partial charge in [-0.05, 0) is 36.8 Å². The summed E-state index contributed by atoms with van der Waals surface area (Å²) in [5, 5.41) is 0. The molecule has 28 heavy (non-hydrogen) atoms. The van der Waals surface area contributed by atoms with Crippen LogP contribution in [0.15, 0.2) is 47.3 Å². The van der Waals surface area contributed by atoms with Crippen LogP contribution >= 0.6 is 0 Å². The van der Waals surface area contributed by atoms with Crippen molar-refractivity contribution in [3.8, 4) is 5.75 Å². The molecule has 0 radical (unpaired) electrons. The van der Waals surface area contributed by atoms with E-state index >= 15 is 0 Å². The van der Waals surface area contributed by atoms with Gasteiger partial charge in [-0.2, -0.15) is 0 Å². The average Bonchev–Trinajstić information content (AvgIpc) is 2.96. The smallest absolute Gasteiger partial charge is 0.329 e. The third-order valence-electron chi connectivity index (χ3n) is 4.85. The number of aryl methyl sites for hydroxylation is 2. The zero-order valence-corrected chi connectivity index (χ0v) is 16.3. The lowest BCUT2D eigenvalue weighted by atomic mass is 10.2. The van der Waals surface area contributed by atoms with Crippen LogP contribution < -0.4 is 10.4 Å². The number of aromatic nitrogens is 2. The van der Waals surface area contributed by atoms with E-state index in [9.17, 15) is 14.0 Å². The summed E-state index contributed by atoms with van der Waals surface area (Å²) in [7, 11) is 3.08. The number of nitrogens with zero attached hydrogens (tertiary/aromatic N) is 3. The maximum Gasteiger partial charge on any atom is 0.329 e. The number of fused-ring (bicyclic) bond motifs is 1. The van der Waals surface area contributed by atoms with Gasteiger partial charge in [0.05, 0.1) is 18.1 Å². The van der Waals surface area contributed by atoms with Crippen molar-refractivity contribution in [1.29, 1.82) is 0 Å². The van der Waals surface area contributed by atoms with E-state index < -0.39 is 5.82 Å². The number of carbonyl (C=O) groups is 1. The Labute approximate surface area is 162 Å². The fourth-order valence-corrected chi connectivity index (χ4v) is 3.36. The van der Waals surface area contributed by atoms with Crippen LogP contribution in [0.3, 0.4) is 0 Å². The minimum absolute atomic E-state index is 0.114. The van der Waals surface area contributed by atoms with E-state index in [0.29, 0.717) is 18.7 Å².